The van der Waals surface area contributed by atoms with E-state index in [1.165, 1.54) is 0 Å². The van der Waals surface area contributed by atoms with Gasteiger partial charge < -0.3 is 15.7 Å². The minimum absolute atomic E-state index is 0.0695. The number of alkyl halides is 3. The molecule has 1 aromatic carbocycles. The molecule has 1 saturated heterocycles. The van der Waals surface area contributed by atoms with Crippen LogP contribution in [0, 0.1) is 11.3 Å². The molecule has 0 saturated carbocycles. The maximum Gasteiger partial charge on any atom is 0.490 e. The highest BCUT2D eigenvalue weighted by Gasteiger charge is 2.38. The molecule has 130 valence electrons. The number of hydrogen-bond donors (Lipinski definition) is 3. The van der Waals surface area contributed by atoms with Crippen molar-refractivity contribution in [3.63, 3.8) is 0 Å². The van der Waals surface area contributed by atoms with Crippen LogP contribution < -0.4 is 10.6 Å². The van der Waals surface area contributed by atoms with Gasteiger partial charge in [-0.2, -0.15) is 30.2 Å². The van der Waals surface area contributed by atoms with Gasteiger partial charge in [0.05, 0.1) is 17.3 Å². The summed E-state index contributed by atoms with van der Waals surface area (Å²) in [5.74, 6) is -1.01. The molecule has 0 spiro atoms. The van der Waals surface area contributed by atoms with E-state index in [0.29, 0.717) is 11.3 Å². The van der Waals surface area contributed by atoms with Crippen LogP contribution >= 0.6 is 11.8 Å². The Morgan fingerprint density at radius 2 is 2.00 bits per heavy atom. The molecule has 0 radical (unpaired) electrons. The summed E-state index contributed by atoms with van der Waals surface area (Å²) in [6.45, 7) is 0.850. The average Bonchev–Trinajstić information content (AvgIpc) is 2.56. The molecule has 6 nitrogen and oxygen atoms in total. The summed E-state index contributed by atoms with van der Waals surface area (Å²) in [5, 5.41) is 22.0. The van der Waals surface area contributed by atoms with Crippen molar-refractivity contribution in [3.8, 4) is 6.07 Å². The number of nitrogens with zero attached hydrogens (tertiary/aromatic N) is 1. The van der Waals surface area contributed by atoms with Crippen LogP contribution in [-0.2, 0) is 9.59 Å². The molecule has 1 unspecified atom stereocenters. The first-order valence-electron chi connectivity index (χ1n) is 6.67. The van der Waals surface area contributed by atoms with Gasteiger partial charge in [0, 0.05) is 18.1 Å². The normalized spacial score (nSPS) is 17.0. The molecule has 3 N–H and O–H groups in total. The zero-order chi connectivity index (χ0) is 18.2. The molecule has 1 amide bonds. The van der Waals surface area contributed by atoms with Gasteiger partial charge in [0.25, 0.3) is 0 Å². The van der Waals surface area contributed by atoms with E-state index in [0.717, 1.165) is 18.1 Å². The van der Waals surface area contributed by atoms with Crippen molar-refractivity contribution in [1.29, 1.82) is 5.26 Å². The van der Waals surface area contributed by atoms with Crippen molar-refractivity contribution in [2.24, 2.45) is 0 Å². The van der Waals surface area contributed by atoms with Crippen molar-refractivity contribution in [2.75, 3.05) is 23.4 Å². The standard InChI is InChI=1S/C12H13N3OS.C2HF3O2/c13-7-9-3-1-2-4-10(9)15-12(16)11-8-17-6-5-14-11;3-2(4,5)1(6)7/h1-4,11,14H,5-6,8H2,(H,15,16);(H,6,7). The summed E-state index contributed by atoms with van der Waals surface area (Å²) in [6, 6.07) is 8.92. The molecule has 10 heteroatoms. The first kappa shape index (κ1) is 19.8. The Kier molecular flexibility index (Phi) is 7.54. The van der Waals surface area contributed by atoms with Gasteiger partial charge in [0.15, 0.2) is 0 Å². The SMILES string of the molecule is N#Cc1ccccc1NC(=O)C1CSCCN1.O=C(O)C(F)(F)F. The highest BCUT2D eigenvalue weighted by molar-refractivity contribution is 7.99. The number of carboxylic acids is 1. The van der Waals surface area contributed by atoms with Gasteiger partial charge in [-0.15, -0.1) is 0 Å². The molecule has 1 atom stereocenters. The second-order valence-corrected chi connectivity index (χ2v) is 5.68. The number of rotatable bonds is 2. The fraction of sp³-hybridized carbons (Fsp3) is 0.357. The predicted molar refractivity (Wildman–Crippen MR) is 82.6 cm³/mol. The predicted octanol–water partition coefficient (Wildman–Crippen LogP) is 1.84. The number of carboxylic acid groups (broad SMARTS) is 1. The third-order valence-electron chi connectivity index (χ3n) is 2.79. The lowest BCUT2D eigenvalue weighted by Gasteiger charge is -2.22. The number of thioether (sulfide) groups is 1. The molecule has 1 aliphatic heterocycles. The molecule has 1 heterocycles. The van der Waals surface area contributed by atoms with E-state index in [-0.39, 0.29) is 11.9 Å². The summed E-state index contributed by atoms with van der Waals surface area (Å²) in [6.07, 6.45) is -5.08. The third kappa shape index (κ3) is 6.47. The van der Waals surface area contributed by atoms with E-state index >= 15 is 0 Å². The summed E-state index contributed by atoms with van der Waals surface area (Å²) in [4.78, 5) is 20.8. The average molecular weight is 361 g/mol. The Morgan fingerprint density at radius 1 is 1.38 bits per heavy atom. The van der Waals surface area contributed by atoms with Gasteiger partial charge >= 0.3 is 12.1 Å². The van der Waals surface area contributed by atoms with Crippen LogP contribution in [0.3, 0.4) is 0 Å². The van der Waals surface area contributed by atoms with E-state index in [1.54, 1.807) is 36.0 Å². The minimum atomic E-state index is -5.08. The molecular weight excluding hydrogens is 347 g/mol. The van der Waals surface area contributed by atoms with E-state index in [9.17, 15) is 18.0 Å². The van der Waals surface area contributed by atoms with Gasteiger partial charge in [-0.25, -0.2) is 4.79 Å². The number of hydrogen-bond acceptors (Lipinski definition) is 5. The van der Waals surface area contributed by atoms with Crippen LogP contribution in [0.5, 0.6) is 0 Å². The Balaban J connectivity index is 0.000000351. The number of anilines is 1. The number of carbonyl (C=O) groups is 2. The smallest absolute Gasteiger partial charge is 0.475 e. The molecule has 1 aliphatic rings. The lowest BCUT2D eigenvalue weighted by Crippen LogP contribution is -2.46. The minimum Gasteiger partial charge on any atom is -0.475 e. The number of para-hydroxylation sites is 1. The van der Waals surface area contributed by atoms with Gasteiger partial charge in [0.2, 0.25) is 5.91 Å². The van der Waals surface area contributed by atoms with Crippen molar-refractivity contribution >= 4 is 29.3 Å². The Morgan fingerprint density at radius 3 is 2.50 bits per heavy atom. The quantitative estimate of drug-likeness (QED) is 0.743. The molecule has 0 bridgehead atoms. The number of aliphatic carboxylic acids is 1. The number of halogens is 3. The first-order valence-corrected chi connectivity index (χ1v) is 7.82. The molecular formula is C14H14F3N3O3S. The van der Waals surface area contributed by atoms with E-state index in [2.05, 4.69) is 16.7 Å². The highest BCUT2D eigenvalue weighted by atomic mass is 32.2. The zero-order valence-electron chi connectivity index (χ0n) is 12.3. The lowest BCUT2D eigenvalue weighted by molar-refractivity contribution is -0.192. The Bertz CT molecular complexity index is 626. The van der Waals surface area contributed by atoms with Crippen molar-refractivity contribution in [2.45, 2.75) is 12.2 Å². The summed E-state index contributed by atoms with van der Waals surface area (Å²) in [5.41, 5.74) is 1.07. The van der Waals surface area contributed by atoms with E-state index in [1.807, 2.05) is 0 Å². The maximum atomic E-state index is 11.9. The topological polar surface area (TPSA) is 102 Å². The van der Waals surface area contributed by atoms with Gasteiger partial charge in [-0.3, -0.25) is 4.79 Å². The largest absolute Gasteiger partial charge is 0.490 e. The van der Waals surface area contributed by atoms with Crippen molar-refractivity contribution in [1.82, 2.24) is 5.32 Å². The maximum absolute atomic E-state index is 11.9. The van der Waals surface area contributed by atoms with Gasteiger partial charge in [-0.1, -0.05) is 12.1 Å². The van der Waals surface area contributed by atoms with Crippen LogP contribution in [0.2, 0.25) is 0 Å². The van der Waals surface area contributed by atoms with Crippen LogP contribution in [0.25, 0.3) is 0 Å². The summed E-state index contributed by atoms with van der Waals surface area (Å²) in [7, 11) is 0. The van der Waals surface area contributed by atoms with Crippen LogP contribution in [0.1, 0.15) is 5.56 Å². The molecule has 1 aromatic rings. The van der Waals surface area contributed by atoms with Crippen LogP contribution in [-0.4, -0.2) is 47.3 Å². The number of benzene rings is 1. The number of nitriles is 1. The molecule has 0 aromatic heterocycles. The molecule has 0 aliphatic carbocycles. The Labute approximate surface area is 140 Å². The highest BCUT2D eigenvalue weighted by Crippen LogP contribution is 2.15. The molecule has 1 fully saturated rings. The molecule has 2 rings (SSSR count). The summed E-state index contributed by atoms with van der Waals surface area (Å²) >= 11 is 1.76. The second kappa shape index (κ2) is 9.14. The number of carbonyl (C=O) groups excluding carboxylic acids is 1. The second-order valence-electron chi connectivity index (χ2n) is 4.53. The van der Waals surface area contributed by atoms with Crippen LogP contribution in [0.4, 0.5) is 18.9 Å². The number of nitrogens with one attached hydrogen (secondary N) is 2. The zero-order valence-corrected chi connectivity index (χ0v) is 13.1. The lowest BCUT2D eigenvalue weighted by atomic mass is 10.2. The van der Waals surface area contributed by atoms with Gasteiger partial charge in [0.1, 0.15) is 6.07 Å². The fourth-order valence-corrected chi connectivity index (χ4v) is 2.58. The summed E-state index contributed by atoms with van der Waals surface area (Å²) < 4.78 is 31.7. The number of amides is 1. The van der Waals surface area contributed by atoms with E-state index < -0.39 is 12.1 Å². The first-order chi connectivity index (χ1) is 11.3. The monoisotopic (exact) mass is 361 g/mol. The van der Waals surface area contributed by atoms with Crippen molar-refractivity contribution in [3.05, 3.63) is 29.8 Å². The van der Waals surface area contributed by atoms with Crippen LogP contribution in [0.15, 0.2) is 24.3 Å². The van der Waals surface area contributed by atoms with E-state index in [4.69, 9.17) is 15.2 Å². The third-order valence-corrected chi connectivity index (χ3v) is 3.85. The Hall–Kier alpha value is -2.25. The fourth-order valence-electron chi connectivity index (χ4n) is 1.64. The van der Waals surface area contributed by atoms with Gasteiger partial charge in [-0.05, 0) is 12.1 Å². The molecule has 24 heavy (non-hydrogen) atoms. The van der Waals surface area contributed by atoms with Crippen molar-refractivity contribution < 1.29 is 27.9 Å².